The third-order valence-electron chi connectivity index (χ3n) is 5.19. The number of carbonyl (C=O) groups is 1. The summed E-state index contributed by atoms with van der Waals surface area (Å²) in [6.45, 7) is 2.15. The maximum Gasteiger partial charge on any atom is 0.312 e. The van der Waals surface area contributed by atoms with Crippen molar-refractivity contribution in [3.63, 3.8) is 0 Å². The number of aromatic nitrogens is 3. The van der Waals surface area contributed by atoms with Crippen LogP contribution in [0, 0.1) is 16.7 Å². The van der Waals surface area contributed by atoms with Gasteiger partial charge in [0.2, 0.25) is 0 Å². The van der Waals surface area contributed by atoms with Gasteiger partial charge in [0.1, 0.15) is 23.7 Å². The molecule has 25 heavy (non-hydrogen) atoms. The van der Waals surface area contributed by atoms with Crippen LogP contribution in [0.3, 0.4) is 0 Å². The number of anilines is 1. The smallest absolute Gasteiger partial charge is 0.312 e. The van der Waals surface area contributed by atoms with E-state index in [0.717, 1.165) is 38.2 Å². The van der Waals surface area contributed by atoms with E-state index in [0.29, 0.717) is 12.2 Å². The second-order valence-corrected chi connectivity index (χ2v) is 6.75. The Bertz CT molecular complexity index is 803. The molecule has 2 aliphatic heterocycles. The molecule has 2 saturated heterocycles. The predicted molar refractivity (Wildman–Crippen MR) is 89.6 cm³/mol. The van der Waals surface area contributed by atoms with Crippen LogP contribution in [0.25, 0.3) is 0 Å². The van der Waals surface area contributed by atoms with Crippen LogP contribution in [-0.4, -0.2) is 39.7 Å². The molecule has 1 spiro atoms. The van der Waals surface area contributed by atoms with Crippen LogP contribution in [0.5, 0.6) is 0 Å². The summed E-state index contributed by atoms with van der Waals surface area (Å²) in [6.07, 6.45) is 7.53. The molecule has 0 radical (unpaired) electrons. The fraction of sp³-hybridized carbons (Fsp3) is 0.444. The first-order chi connectivity index (χ1) is 12.2. The SMILES string of the molecule is N#Cc1cccc(N2CCC3(CC2)CC(Cn2ccnc2)OC3=O)n1. The average molecular weight is 337 g/mol. The van der Waals surface area contributed by atoms with Crippen molar-refractivity contribution in [2.75, 3.05) is 18.0 Å². The zero-order valence-electron chi connectivity index (χ0n) is 13.8. The minimum Gasteiger partial charge on any atom is -0.460 e. The second kappa shape index (κ2) is 6.20. The summed E-state index contributed by atoms with van der Waals surface area (Å²) in [6, 6.07) is 7.52. The number of piperidine rings is 1. The number of carbonyl (C=O) groups excluding carboxylic acids is 1. The molecule has 0 N–H and O–H groups in total. The molecule has 4 rings (SSSR count). The minimum absolute atomic E-state index is 0.0731. The Hall–Kier alpha value is -2.88. The van der Waals surface area contributed by atoms with Gasteiger partial charge >= 0.3 is 5.97 Å². The number of ether oxygens (including phenoxy) is 1. The van der Waals surface area contributed by atoms with Gasteiger partial charge < -0.3 is 14.2 Å². The molecule has 7 nitrogen and oxygen atoms in total. The highest BCUT2D eigenvalue weighted by molar-refractivity contribution is 5.79. The van der Waals surface area contributed by atoms with Crippen molar-refractivity contribution < 1.29 is 9.53 Å². The first kappa shape index (κ1) is 15.6. The largest absolute Gasteiger partial charge is 0.460 e. The molecule has 2 aromatic rings. The van der Waals surface area contributed by atoms with Crippen molar-refractivity contribution in [1.82, 2.24) is 14.5 Å². The maximum absolute atomic E-state index is 12.5. The normalized spacial score (nSPS) is 22.0. The average Bonchev–Trinajstić information content (AvgIpc) is 3.25. The van der Waals surface area contributed by atoms with E-state index in [1.165, 1.54) is 0 Å². The first-order valence-corrected chi connectivity index (χ1v) is 8.47. The second-order valence-electron chi connectivity index (χ2n) is 6.75. The molecule has 0 amide bonds. The highest BCUT2D eigenvalue weighted by Gasteiger charge is 2.50. The summed E-state index contributed by atoms with van der Waals surface area (Å²) < 4.78 is 7.59. The monoisotopic (exact) mass is 337 g/mol. The van der Waals surface area contributed by atoms with E-state index in [1.807, 2.05) is 22.9 Å². The number of hydrogen-bond acceptors (Lipinski definition) is 6. The van der Waals surface area contributed by atoms with E-state index in [-0.39, 0.29) is 17.5 Å². The number of hydrogen-bond donors (Lipinski definition) is 0. The van der Waals surface area contributed by atoms with Crippen LogP contribution >= 0.6 is 0 Å². The fourth-order valence-corrected chi connectivity index (χ4v) is 3.80. The third-order valence-corrected chi connectivity index (χ3v) is 5.19. The van der Waals surface area contributed by atoms with Crippen LogP contribution in [0.1, 0.15) is 25.0 Å². The lowest BCUT2D eigenvalue weighted by molar-refractivity contribution is -0.150. The van der Waals surface area contributed by atoms with E-state index >= 15 is 0 Å². The Morgan fingerprint density at radius 3 is 2.92 bits per heavy atom. The van der Waals surface area contributed by atoms with Gasteiger partial charge in [0, 0.05) is 31.9 Å². The molecular formula is C18H19N5O2. The highest BCUT2D eigenvalue weighted by atomic mass is 16.6. The summed E-state index contributed by atoms with van der Waals surface area (Å²) in [4.78, 5) is 23.0. The van der Waals surface area contributed by atoms with Gasteiger partial charge in [0.05, 0.1) is 18.3 Å². The van der Waals surface area contributed by atoms with Crippen molar-refractivity contribution >= 4 is 11.8 Å². The van der Waals surface area contributed by atoms with Gasteiger partial charge in [-0.1, -0.05) is 6.07 Å². The van der Waals surface area contributed by atoms with E-state index in [2.05, 4.69) is 20.9 Å². The highest BCUT2D eigenvalue weighted by Crippen LogP contribution is 2.44. The third kappa shape index (κ3) is 2.95. The van der Waals surface area contributed by atoms with Gasteiger partial charge in [0.15, 0.2) is 0 Å². The Labute approximate surface area is 145 Å². The molecule has 0 aromatic carbocycles. The molecule has 1 atom stereocenters. The lowest BCUT2D eigenvalue weighted by atomic mass is 9.76. The molecule has 128 valence electrons. The van der Waals surface area contributed by atoms with Crippen molar-refractivity contribution in [1.29, 1.82) is 5.26 Å². The van der Waals surface area contributed by atoms with Crippen molar-refractivity contribution in [3.05, 3.63) is 42.6 Å². The van der Waals surface area contributed by atoms with Crippen LogP contribution in [0.4, 0.5) is 5.82 Å². The number of cyclic esters (lactones) is 1. The number of imidazole rings is 1. The summed E-state index contributed by atoms with van der Waals surface area (Å²) in [7, 11) is 0. The Morgan fingerprint density at radius 1 is 1.36 bits per heavy atom. The number of pyridine rings is 1. The van der Waals surface area contributed by atoms with E-state index < -0.39 is 0 Å². The number of rotatable bonds is 3. The summed E-state index contributed by atoms with van der Waals surface area (Å²) in [5, 5.41) is 9.00. The summed E-state index contributed by atoms with van der Waals surface area (Å²) in [5.74, 6) is 0.728. The first-order valence-electron chi connectivity index (χ1n) is 8.47. The molecular weight excluding hydrogens is 318 g/mol. The van der Waals surface area contributed by atoms with Crippen LogP contribution in [0.15, 0.2) is 36.9 Å². The van der Waals surface area contributed by atoms with Crippen molar-refractivity contribution in [2.24, 2.45) is 5.41 Å². The zero-order valence-corrected chi connectivity index (χ0v) is 13.8. The number of nitrogens with zero attached hydrogens (tertiary/aromatic N) is 5. The minimum atomic E-state index is -0.380. The van der Waals surface area contributed by atoms with Gasteiger partial charge in [-0.15, -0.1) is 0 Å². The molecule has 7 heteroatoms. The van der Waals surface area contributed by atoms with E-state index in [1.54, 1.807) is 18.6 Å². The van der Waals surface area contributed by atoms with Gasteiger partial charge in [0.25, 0.3) is 0 Å². The summed E-state index contributed by atoms with van der Waals surface area (Å²) >= 11 is 0. The Balaban J connectivity index is 1.42. The molecule has 2 aromatic heterocycles. The summed E-state index contributed by atoms with van der Waals surface area (Å²) in [5.41, 5.74) is 0.0349. The number of nitriles is 1. The van der Waals surface area contributed by atoms with E-state index in [4.69, 9.17) is 10.00 Å². The Kier molecular flexibility index (Phi) is 3.88. The quantitative estimate of drug-likeness (QED) is 0.794. The molecule has 2 fully saturated rings. The van der Waals surface area contributed by atoms with Gasteiger partial charge in [-0.05, 0) is 25.0 Å². The molecule has 0 saturated carbocycles. The molecule has 0 bridgehead atoms. The van der Waals surface area contributed by atoms with Crippen LogP contribution in [-0.2, 0) is 16.1 Å². The molecule has 2 aliphatic rings. The lowest BCUT2D eigenvalue weighted by Crippen LogP contribution is -2.43. The molecule has 1 unspecified atom stereocenters. The molecule has 0 aliphatic carbocycles. The van der Waals surface area contributed by atoms with Crippen LogP contribution < -0.4 is 4.90 Å². The zero-order chi connectivity index (χ0) is 17.3. The van der Waals surface area contributed by atoms with Crippen molar-refractivity contribution in [2.45, 2.75) is 31.9 Å². The van der Waals surface area contributed by atoms with Gasteiger partial charge in [-0.3, -0.25) is 4.79 Å². The standard InChI is InChI=1S/C18H19N5O2/c19-11-14-2-1-3-16(21-14)23-7-4-18(5-8-23)10-15(25-17(18)24)12-22-9-6-20-13-22/h1-3,6,9,13,15H,4-5,7-8,10,12H2. The predicted octanol–water partition coefficient (Wildman–Crippen LogP) is 1.75. The van der Waals surface area contributed by atoms with Crippen LogP contribution in [0.2, 0.25) is 0 Å². The topological polar surface area (TPSA) is 84.0 Å². The van der Waals surface area contributed by atoms with Crippen molar-refractivity contribution in [3.8, 4) is 6.07 Å². The van der Waals surface area contributed by atoms with Gasteiger partial charge in [-0.25, -0.2) is 9.97 Å². The maximum atomic E-state index is 12.5. The lowest BCUT2D eigenvalue weighted by Gasteiger charge is -2.37. The molecule has 4 heterocycles. The fourth-order valence-electron chi connectivity index (χ4n) is 3.80. The van der Waals surface area contributed by atoms with E-state index in [9.17, 15) is 4.79 Å². The number of esters is 1. The van der Waals surface area contributed by atoms with Gasteiger partial charge in [-0.2, -0.15) is 5.26 Å². The Morgan fingerprint density at radius 2 is 2.20 bits per heavy atom.